The first-order valence-electron chi connectivity index (χ1n) is 6.41. The van der Waals surface area contributed by atoms with Crippen LogP contribution in [0.4, 0.5) is 0 Å². The van der Waals surface area contributed by atoms with Gasteiger partial charge in [-0.25, -0.2) is 0 Å². The number of ether oxygens (including phenoxy) is 1. The van der Waals surface area contributed by atoms with E-state index in [0.717, 1.165) is 24.0 Å². The highest BCUT2D eigenvalue weighted by Gasteiger charge is 2.40. The number of methoxy groups -OCH3 is 1. The highest BCUT2D eigenvalue weighted by molar-refractivity contribution is 6.05. The van der Waals surface area contributed by atoms with Crippen molar-refractivity contribution in [1.29, 1.82) is 0 Å². The summed E-state index contributed by atoms with van der Waals surface area (Å²) in [6, 6.07) is 3.67. The van der Waals surface area contributed by atoms with Gasteiger partial charge in [-0.15, -0.1) is 0 Å². The second-order valence-corrected chi connectivity index (χ2v) is 5.16. The molecule has 2 rings (SSSR count). The van der Waals surface area contributed by atoms with Crippen LogP contribution in [0.1, 0.15) is 47.2 Å². The van der Waals surface area contributed by atoms with Crippen molar-refractivity contribution in [2.24, 2.45) is 0 Å². The standard InChI is InChI=1S/C15H20O3/c1-10-6-7-12(13(18-3)11(10)2)14(16)15(17)8-4-5-9-15/h6-7,17H,4-5,8-9H2,1-3H3. The number of hydrogen-bond acceptors (Lipinski definition) is 3. The number of benzene rings is 1. The molecule has 0 aliphatic heterocycles. The Morgan fingerprint density at radius 3 is 2.44 bits per heavy atom. The second kappa shape index (κ2) is 4.73. The summed E-state index contributed by atoms with van der Waals surface area (Å²) in [5.41, 5.74) is 1.37. The summed E-state index contributed by atoms with van der Waals surface area (Å²) in [7, 11) is 1.57. The van der Waals surface area contributed by atoms with Gasteiger partial charge in [-0.2, -0.15) is 0 Å². The van der Waals surface area contributed by atoms with E-state index in [4.69, 9.17) is 4.74 Å². The van der Waals surface area contributed by atoms with Crippen LogP contribution in [0, 0.1) is 13.8 Å². The van der Waals surface area contributed by atoms with E-state index >= 15 is 0 Å². The molecule has 1 N–H and O–H groups in total. The molecular formula is C15H20O3. The molecule has 3 nitrogen and oxygen atoms in total. The fraction of sp³-hybridized carbons (Fsp3) is 0.533. The van der Waals surface area contributed by atoms with Gasteiger partial charge < -0.3 is 9.84 Å². The van der Waals surface area contributed by atoms with Crippen molar-refractivity contribution in [3.63, 3.8) is 0 Å². The smallest absolute Gasteiger partial charge is 0.198 e. The Kier molecular flexibility index (Phi) is 3.44. The molecular weight excluding hydrogens is 228 g/mol. The van der Waals surface area contributed by atoms with E-state index in [1.54, 1.807) is 13.2 Å². The summed E-state index contributed by atoms with van der Waals surface area (Å²) in [6.45, 7) is 3.92. The first-order chi connectivity index (χ1) is 8.49. The molecule has 98 valence electrons. The van der Waals surface area contributed by atoms with Crippen LogP contribution in [0.5, 0.6) is 5.75 Å². The quantitative estimate of drug-likeness (QED) is 0.837. The zero-order chi connectivity index (χ0) is 13.3. The molecule has 18 heavy (non-hydrogen) atoms. The van der Waals surface area contributed by atoms with Crippen LogP contribution in [0.2, 0.25) is 0 Å². The predicted octanol–water partition coefficient (Wildman–Crippen LogP) is 2.80. The number of carbonyl (C=O) groups is 1. The third-order valence-corrected chi connectivity index (χ3v) is 3.98. The summed E-state index contributed by atoms with van der Waals surface area (Å²) >= 11 is 0. The maximum Gasteiger partial charge on any atom is 0.198 e. The second-order valence-electron chi connectivity index (χ2n) is 5.16. The number of rotatable bonds is 3. The molecule has 0 bridgehead atoms. The van der Waals surface area contributed by atoms with Gasteiger partial charge in [0, 0.05) is 0 Å². The maximum atomic E-state index is 12.5. The van der Waals surface area contributed by atoms with Gasteiger partial charge in [-0.05, 0) is 56.7 Å². The Hall–Kier alpha value is -1.35. The van der Waals surface area contributed by atoms with Crippen LogP contribution < -0.4 is 4.74 Å². The average Bonchev–Trinajstić information content (AvgIpc) is 2.80. The normalized spacial score (nSPS) is 17.8. The van der Waals surface area contributed by atoms with Gasteiger partial charge in [0.25, 0.3) is 0 Å². The first-order valence-corrected chi connectivity index (χ1v) is 6.41. The lowest BCUT2D eigenvalue weighted by Gasteiger charge is -2.22. The lowest BCUT2D eigenvalue weighted by atomic mass is 9.89. The number of aryl methyl sites for hydroxylation is 1. The van der Waals surface area contributed by atoms with Crippen molar-refractivity contribution in [3.05, 3.63) is 28.8 Å². The van der Waals surface area contributed by atoms with E-state index in [0.29, 0.717) is 24.2 Å². The maximum absolute atomic E-state index is 12.5. The number of hydrogen-bond donors (Lipinski definition) is 1. The summed E-state index contributed by atoms with van der Waals surface area (Å²) in [5.74, 6) is 0.403. The largest absolute Gasteiger partial charge is 0.496 e. The average molecular weight is 248 g/mol. The van der Waals surface area contributed by atoms with E-state index in [9.17, 15) is 9.90 Å². The lowest BCUT2D eigenvalue weighted by molar-refractivity contribution is 0.0350. The SMILES string of the molecule is COc1c(C(=O)C2(O)CCCC2)ccc(C)c1C. The summed E-state index contributed by atoms with van der Waals surface area (Å²) in [4.78, 5) is 12.5. The summed E-state index contributed by atoms with van der Waals surface area (Å²) in [5, 5.41) is 10.4. The predicted molar refractivity (Wildman–Crippen MR) is 70.2 cm³/mol. The van der Waals surface area contributed by atoms with Gasteiger partial charge in [-0.3, -0.25) is 4.79 Å². The zero-order valence-electron chi connectivity index (χ0n) is 11.2. The van der Waals surface area contributed by atoms with Crippen molar-refractivity contribution >= 4 is 5.78 Å². The molecule has 1 aromatic rings. The van der Waals surface area contributed by atoms with Crippen LogP contribution in [0.15, 0.2) is 12.1 Å². The summed E-state index contributed by atoms with van der Waals surface area (Å²) < 4.78 is 5.35. The molecule has 0 atom stereocenters. The molecule has 1 aliphatic carbocycles. The molecule has 1 aromatic carbocycles. The Morgan fingerprint density at radius 2 is 1.89 bits per heavy atom. The third-order valence-electron chi connectivity index (χ3n) is 3.98. The number of carbonyl (C=O) groups excluding carboxylic acids is 1. The molecule has 0 radical (unpaired) electrons. The van der Waals surface area contributed by atoms with Crippen LogP contribution in [0.3, 0.4) is 0 Å². The van der Waals surface area contributed by atoms with Crippen molar-refractivity contribution in [2.45, 2.75) is 45.1 Å². The monoisotopic (exact) mass is 248 g/mol. The van der Waals surface area contributed by atoms with E-state index in [-0.39, 0.29) is 5.78 Å². The van der Waals surface area contributed by atoms with Crippen molar-refractivity contribution in [1.82, 2.24) is 0 Å². The Morgan fingerprint density at radius 1 is 1.28 bits per heavy atom. The molecule has 0 amide bonds. The van der Waals surface area contributed by atoms with Crippen molar-refractivity contribution in [2.75, 3.05) is 7.11 Å². The lowest BCUT2D eigenvalue weighted by Crippen LogP contribution is -2.35. The van der Waals surface area contributed by atoms with Crippen LogP contribution in [-0.2, 0) is 0 Å². The Balaban J connectivity index is 2.45. The van der Waals surface area contributed by atoms with Crippen LogP contribution in [-0.4, -0.2) is 23.6 Å². The number of aliphatic hydroxyl groups is 1. The van der Waals surface area contributed by atoms with Gasteiger partial charge in [0.05, 0.1) is 12.7 Å². The van der Waals surface area contributed by atoms with Gasteiger partial charge in [0.15, 0.2) is 5.78 Å². The molecule has 1 fully saturated rings. The minimum Gasteiger partial charge on any atom is -0.496 e. The molecule has 1 saturated carbocycles. The minimum absolute atomic E-state index is 0.194. The van der Waals surface area contributed by atoms with Gasteiger partial charge >= 0.3 is 0 Å². The van der Waals surface area contributed by atoms with Crippen molar-refractivity contribution < 1.29 is 14.6 Å². The molecule has 0 saturated heterocycles. The highest BCUT2D eigenvalue weighted by atomic mass is 16.5. The molecule has 3 heteroatoms. The van der Waals surface area contributed by atoms with Crippen LogP contribution in [0.25, 0.3) is 0 Å². The van der Waals surface area contributed by atoms with Gasteiger partial charge in [0.2, 0.25) is 0 Å². The fourth-order valence-electron chi connectivity index (χ4n) is 2.67. The van der Waals surface area contributed by atoms with E-state index in [1.165, 1.54) is 0 Å². The molecule has 0 unspecified atom stereocenters. The molecule has 1 aliphatic rings. The zero-order valence-corrected chi connectivity index (χ0v) is 11.2. The third kappa shape index (κ3) is 2.03. The highest BCUT2D eigenvalue weighted by Crippen LogP contribution is 2.36. The fourth-order valence-corrected chi connectivity index (χ4v) is 2.67. The molecule has 0 aromatic heterocycles. The van der Waals surface area contributed by atoms with Crippen molar-refractivity contribution in [3.8, 4) is 5.75 Å². The van der Waals surface area contributed by atoms with Crippen LogP contribution >= 0.6 is 0 Å². The topological polar surface area (TPSA) is 46.5 Å². The molecule has 0 heterocycles. The molecule has 0 spiro atoms. The summed E-state index contributed by atoms with van der Waals surface area (Å²) in [6.07, 6.45) is 2.94. The minimum atomic E-state index is -1.19. The van der Waals surface area contributed by atoms with E-state index in [2.05, 4.69) is 0 Å². The Bertz CT molecular complexity index is 471. The Labute approximate surface area is 108 Å². The number of ketones is 1. The van der Waals surface area contributed by atoms with E-state index in [1.807, 2.05) is 19.9 Å². The number of Topliss-reactive ketones (excluding diaryl/α,β-unsaturated/α-hetero) is 1. The van der Waals surface area contributed by atoms with Gasteiger partial charge in [0.1, 0.15) is 11.4 Å². The van der Waals surface area contributed by atoms with E-state index < -0.39 is 5.60 Å². The van der Waals surface area contributed by atoms with Gasteiger partial charge in [-0.1, -0.05) is 6.07 Å². The first kappa shape index (κ1) is 13.1.